The minimum absolute atomic E-state index is 0.0699. The fourth-order valence-corrected chi connectivity index (χ4v) is 1.00. The molecule has 14 heavy (non-hydrogen) atoms. The molecule has 1 atom stereocenters. The van der Waals surface area contributed by atoms with Gasteiger partial charge in [0.2, 0.25) is 5.79 Å². The molecular formula is C8H16O6. The third kappa shape index (κ3) is 2.88. The zero-order chi connectivity index (χ0) is 10.8. The van der Waals surface area contributed by atoms with Crippen molar-refractivity contribution < 1.29 is 29.9 Å². The highest BCUT2D eigenvalue weighted by molar-refractivity contribution is 4.76. The predicted octanol–water partition coefficient (Wildman–Crippen LogP) is -1.48. The summed E-state index contributed by atoms with van der Waals surface area (Å²) < 4.78 is 9.32. The lowest BCUT2D eigenvalue weighted by Gasteiger charge is -2.33. The van der Waals surface area contributed by atoms with E-state index < -0.39 is 11.8 Å². The summed E-state index contributed by atoms with van der Waals surface area (Å²) in [5, 5.41) is 37.0. The fraction of sp³-hybridized carbons (Fsp3) is 1.00. The summed E-state index contributed by atoms with van der Waals surface area (Å²) in [5.41, 5.74) is 0. The molecule has 1 aliphatic rings. The van der Waals surface area contributed by atoms with E-state index in [0.717, 1.165) is 0 Å². The van der Waals surface area contributed by atoms with Crippen molar-refractivity contribution in [3.05, 3.63) is 0 Å². The molecule has 0 radical (unpaired) electrons. The first-order valence-electron chi connectivity index (χ1n) is 4.54. The third-order valence-electron chi connectivity index (χ3n) is 1.99. The summed E-state index contributed by atoms with van der Waals surface area (Å²) in [6.45, 7) is 2.11. The van der Waals surface area contributed by atoms with Crippen molar-refractivity contribution >= 4 is 0 Å². The molecule has 0 bridgehead atoms. The number of aliphatic hydroxyl groups is 4. The molecule has 0 aromatic rings. The standard InChI is InChI=1S/C8H16O6/c1-2-3-7(9,10)8(11,12)14-5-6-4-13-6/h6,9-12H,2-5H2,1H3. The van der Waals surface area contributed by atoms with Gasteiger partial charge in [-0.2, -0.15) is 0 Å². The summed E-state index contributed by atoms with van der Waals surface area (Å²) >= 11 is 0. The Labute approximate surface area is 81.7 Å². The molecule has 0 aromatic carbocycles. The lowest BCUT2D eigenvalue weighted by Crippen LogP contribution is -2.56. The molecule has 1 saturated heterocycles. The van der Waals surface area contributed by atoms with Crippen molar-refractivity contribution in [1.82, 2.24) is 0 Å². The first kappa shape index (κ1) is 11.8. The van der Waals surface area contributed by atoms with Crippen LogP contribution in [0, 0.1) is 0 Å². The van der Waals surface area contributed by atoms with Crippen LogP contribution in [-0.4, -0.2) is 51.5 Å². The van der Waals surface area contributed by atoms with E-state index in [4.69, 9.17) is 4.74 Å². The molecule has 1 rings (SSSR count). The van der Waals surface area contributed by atoms with Gasteiger partial charge in [0, 0.05) is 6.42 Å². The van der Waals surface area contributed by atoms with Crippen LogP contribution in [0.4, 0.5) is 0 Å². The second kappa shape index (κ2) is 4.09. The number of hydrogen-bond donors (Lipinski definition) is 4. The van der Waals surface area contributed by atoms with Gasteiger partial charge in [-0.3, -0.25) is 0 Å². The van der Waals surface area contributed by atoms with Gasteiger partial charge < -0.3 is 29.9 Å². The average molecular weight is 208 g/mol. The van der Waals surface area contributed by atoms with Gasteiger partial charge in [0.1, 0.15) is 6.10 Å². The maximum absolute atomic E-state index is 9.27. The van der Waals surface area contributed by atoms with E-state index in [2.05, 4.69) is 4.74 Å². The lowest BCUT2D eigenvalue weighted by atomic mass is 10.1. The summed E-state index contributed by atoms with van der Waals surface area (Å²) in [4.78, 5) is 0. The van der Waals surface area contributed by atoms with Crippen molar-refractivity contribution in [3.8, 4) is 0 Å². The van der Waals surface area contributed by atoms with E-state index >= 15 is 0 Å². The second-order valence-electron chi connectivity index (χ2n) is 3.44. The van der Waals surface area contributed by atoms with E-state index in [1.165, 1.54) is 0 Å². The Bertz CT molecular complexity index is 186. The van der Waals surface area contributed by atoms with Crippen molar-refractivity contribution in [2.24, 2.45) is 0 Å². The fourth-order valence-electron chi connectivity index (χ4n) is 1.00. The van der Waals surface area contributed by atoms with Crippen LogP contribution in [-0.2, 0) is 9.47 Å². The molecule has 84 valence electrons. The van der Waals surface area contributed by atoms with Gasteiger partial charge in [-0.25, -0.2) is 0 Å². The second-order valence-corrected chi connectivity index (χ2v) is 3.44. The molecular weight excluding hydrogens is 192 g/mol. The quantitative estimate of drug-likeness (QED) is 0.313. The molecule has 1 unspecified atom stereocenters. The van der Waals surface area contributed by atoms with Crippen LogP contribution in [0.3, 0.4) is 0 Å². The van der Waals surface area contributed by atoms with Crippen LogP contribution in [0.15, 0.2) is 0 Å². The number of rotatable bonds is 6. The van der Waals surface area contributed by atoms with Gasteiger partial charge in [0.15, 0.2) is 0 Å². The van der Waals surface area contributed by atoms with Crippen LogP contribution in [0.2, 0.25) is 0 Å². The SMILES string of the molecule is CCCC(O)(O)C(O)(O)OCC1CO1. The molecule has 1 heterocycles. The third-order valence-corrected chi connectivity index (χ3v) is 1.99. The summed E-state index contributed by atoms with van der Waals surface area (Å²) in [5.74, 6) is -5.61. The van der Waals surface area contributed by atoms with Crippen LogP contribution in [0.5, 0.6) is 0 Å². The van der Waals surface area contributed by atoms with Crippen LogP contribution in [0.1, 0.15) is 19.8 Å². The van der Waals surface area contributed by atoms with E-state index in [1.807, 2.05) is 0 Å². The Balaban J connectivity index is 2.42. The molecule has 0 saturated carbocycles. The number of ether oxygens (including phenoxy) is 2. The Morgan fingerprint density at radius 1 is 1.36 bits per heavy atom. The van der Waals surface area contributed by atoms with Crippen LogP contribution in [0.25, 0.3) is 0 Å². The Hall–Kier alpha value is -0.240. The van der Waals surface area contributed by atoms with Gasteiger partial charge in [-0.15, -0.1) is 0 Å². The molecule has 0 aromatic heterocycles. The lowest BCUT2D eigenvalue weighted by molar-refractivity contribution is -0.461. The molecule has 0 aliphatic carbocycles. The molecule has 6 heteroatoms. The molecule has 1 fully saturated rings. The summed E-state index contributed by atoms with van der Waals surface area (Å²) in [6.07, 6.45) is 0.0242. The van der Waals surface area contributed by atoms with Crippen LogP contribution < -0.4 is 0 Å². The minimum atomic E-state index is -2.95. The number of epoxide rings is 1. The van der Waals surface area contributed by atoms with Gasteiger partial charge in [-0.05, 0) is 0 Å². The van der Waals surface area contributed by atoms with Gasteiger partial charge in [0.05, 0.1) is 13.2 Å². The first-order chi connectivity index (χ1) is 6.39. The molecule has 4 N–H and O–H groups in total. The van der Waals surface area contributed by atoms with E-state index in [0.29, 0.717) is 13.0 Å². The Morgan fingerprint density at radius 2 is 1.93 bits per heavy atom. The monoisotopic (exact) mass is 208 g/mol. The molecule has 0 amide bonds. The molecule has 1 aliphatic heterocycles. The Kier molecular flexibility index (Phi) is 3.46. The topological polar surface area (TPSA) is 103 Å². The minimum Gasteiger partial charge on any atom is -0.371 e. The smallest absolute Gasteiger partial charge is 0.335 e. The highest BCUT2D eigenvalue weighted by Crippen LogP contribution is 2.25. The average Bonchev–Trinajstić information content (AvgIpc) is 2.83. The molecule has 0 spiro atoms. The van der Waals surface area contributed by atoms with E-state index in [-0.39, 0.29) is 19.1 Å². The summed E-state index contributed by atoms with van der Waals surface area (Å²) in [6, 6.07) is 0. The predicted molar refractivity (Wildman–Crippen MR) is 44.9 cm³/mol. The highest BCUT2D eigenvalue weighted by atomic mass is 16.8. The van der Waals surface area contributed by atoms with Gasteiger partial charge in [-0.1, -0.05) is 13.3 Å². The first-order valence-corrected chi connectivity index (χ1v) is 4.54. The van der Waals surface area contributed by atoms with Crippen molar-refractivity contribution in [3.63, 3.8) is 0 Å². The van der Waals surface area contributed by atoms with Crippen molar-refractivity contribution in [2.75, 3.05) is 13.2 Å². The normalized spacial score (nSPS) is 22.5. The van der Waals surface area contributed by atoms with Gasteiger partial charge >= 0.3 is 5.97 Å². The maximum Gasteiger partial charge on any atom is 0.335 e. The highest BCUT2D eigenvalue weighted by Gasteiger charge is 2.49. The van der Waals surface area contributed by atoms with Gasteiger partial charge in [0.25, 0.3) is 0 Å². The zero-order valence-corrected chi connectivity index (χ0v) is 8.01. The molecule has 6 nitrogen and oxygen atoms in total. The van der Waals surface area contributed by atoms with Crippen molar-refractivity contribution in [2.45, 2.75) is 37.6 Å². The largest absolute Gasteiger partial charge is 0.371 e. The zero-order valence-electron chi connectivity index (χ0n) is 8.01. The van der Waals surface area contributed by atoms with E-state index in [1.54, 1.807) is 6.92 Å². The number of hydrogen-bond acceptors (Lipinski definition) is 6. The summed E-state index contributed by atoms with van der Waals surface area (Å²) in [7, 11) is 0. The maximum atomic E-state index is 9.27. The van der Waals surface area contributed by atoms with Crippen molar-refractivity contribution in [1.29, 1.82) is 0 Å². The van der Waals surface area contributed by atoms with E-state index in [9.17, 15) is 20.4 Å². The Morgan fingerprint density at radius 3 is 2.36 bits per heavy atom. The van der Waals surface area contributed by atoms with Crippen LogP contribution >= 0.6 is 0 Å².